The molecule has 2 heteroatoms. The van der Waals surface area contributed by atoms with Crippen molar-refractivity contribution in [1.29, 1.82) is 0 Å². The number of nitrogens with zero attached hydrogens (tertiary/aromatic N) is 2. The van der Waals surface area contributed by atoms with E-state index in [0.29, 0.717) is 0 Å². The minimum Gasteiger partial charge on any atom is -0.256 e. The molecule has 0 saturated carbocycles. The van der Waals surface area contributed by atoms with Crippen LogP contribution in [-0.2, 0) is 0 Å². The van der Waals surface area contributed by atoms with E-state index in [4.69, 9.17) is 4.98 Å². The van der Waals surface area contributed by atoms with Crippen LogP contribution in [0.5, 0.6) is 0 Å². The van der Waals surface area contributed by atoms with Gasteiger partial charge < -0.3 is 0 Å². The smallest absolute Gasteiger partial charge is 0.0803 e. The molecule has 0 N–H and O–H groups in total. The van der Waals surface area contributed by atoms with Crippen molar-refractivity contribution < 1.29 is 0 Å². The third-order valence-corrected chi connectivity index (χ3v) is 4.89. The number of fused-ring (bicyclic) bond motifs is 3. The molecule has 2 aromatic heterocycles. The lowest BCUT2D eigenvalue weighted by molar-refractivity contribution is 1.38. The number of aromatic nitrogens is 2. The molecule has 0 fully saturated rings. The molecule has 5 rings (SSSR count). The van der Waals surface area contributed by atoms with Crippen molar-refractivity contribution in [2.45, 2.75) is 0 Å². The van der Waals surface area contributed by atoms with Crippen LogP contribution in [0, 0.1) is 0 Å². The molecule has 0 aliphatic rings. The SMILES string of the molecule is C(=Cc1cccc(-c2ccc3ccc4ncccc4c3n2)c1)c1ccccc1. The molecule has 2 nitrogen and oxygen atoms in total. The molecule has 132 valence electrons. The summed E-state index contributed by atoms with van der Waals surface area (Å²) >= 11 is 0. The summed E-state index contributed by atoms with van der Waals surface area (Å²) in [5.41, 5.74) is 6.39. The molecular weight excluding hydrogens is 340 g/mol. The van der Waals surface area contributed by atoms with Gasteiger partial charge in [0.1, 0.15) is 0 Å². The third-order valence-electron chi connectivity index (χ3n) is 4.89. The minimum absolute atomic E-state index is 0.971. The molecule has 5 aromatic rings. The Labute approximate surface area is 163 Å². The molecule has 0 aliphatic heterocycles. The molecule has 0 unspecified atom stereocenters. The molecule has 0 amide bonds. The van der Waals surface area contributed by atoms with Crippen LogP contribution >= 0.6 is 0 Å². The average Bonchev–Trinajstić information content (AvgIpc) is 2.78. The van der Waals surface area contributed by atoms with Crippen LogP contribution in [-0.4, -0.2) is 9.97 Å². The predicted molar refractivity (Wildman–Crippen MR) is 118 cm³/mol. The topological polar surface area (TPSA) is 25.8 Å². The largest absolute Gasteiger partial charge is 0.256 e. The third kappa shape index (κ3) is 3.17. The van der Waals surface area contributed by atoms with E-state index in [1.165, 1.54) is 5.56 Å². The van der Waals surface area contributed by atoms with Gasteiger partial charge in [-0.05, 0) is 41.5 Å². The monoisotopic (exact) mass is 358 g/mol. The highest BCUT2D eigenvalue weighted by atomic mass is 14.7. The van der Waals surface area contributed by atoms with Crippen molar-refractivity contribution in [2.24, 2.45) is 0 Å². The summed E-state index contributed by atoms with van der Waals surface area (Å²) in [6.45, 7) is 0. The zero-order valence-electron chi connectivity index (χ0n) is 15.3. The van der Waals surface area contributed by atoms with Crippen LogP contribution in [0.15, 0.2) is 97.2 Å². The summed E-state index contributed by atoms with van der Waals surface area (Å²) in [5, 5.41) is 2.21. The minimum atomic E-state index is 0.971. The highest BCUT2D eigenvalue weighted by molar-refractivity contribution is 6.04. The fourth-order valence-electron chi connectivity index (χ4n) is 3.46. The zero-order chi connectivity index (χ0) is 18.8. The fraction of sp³-hybridized carbons (Fsp3) is 0. The second-order valence-electron chi connectivity index (χ2n) is 6.77. The Hall–Kier alpha value is -3.78. The first-order valence-corrected chi connectivity index (χ1v) is 9.35. The Kier molecular flexibility index (Phi) is 4.15. The molecule has 3 aromatic carbocycles. The first-order valence-electron chi connectivity index (χ1n) is 9.35. The van der Waals surface area contributed by atoms with Crippen LogP contribution in [0.1, 0.15) is 11.1 Å². The van der Waals surface area contributed by atoms with Crippen LogP contribution in [0.2, 0.25) is 0 Å². The number of hydrogen-bond acceptors (Lipinski definition) is 2. The second kappa shape index (κ2) is 7.09. The van der Waals surface area contributed by atoms with Crippen LogP contribution in [0.25, 0.3) is 45.2 Å². The lowest BCUT2D eigenvalue weighted by atomic mass is 10.0. The molecule has 0 aliphatic carbocycles. The summed E-state index contributed by atoms with van der Waals surface area (Å²) in [5.74, 6) is 0. The van der Waals surface area contributed by atoms with Gasteiger partial charge in [-0.25, -0.2) is 4.98 Å². The Morgan fingerprint density at radius 1 is 0.643 bits per heavy atom. The second-order valence-corrected chi connectivity index (χ2v) is 6.77. The summed E-state index contributed by atoms with van der Waals surface area (Å²) in [4.78, 5) is 9.42. The van der Waals surface area contributed by atoms with Crippen LogP contribution in [0.3, 0.4) is 0 Å². The van der Waals surface area contributed by atoms with E-state index in [1.807, 2.05) is 36.5 Å². The van der Waals surface area contributed by atoms with E-state index in [-0.39, 0.29) is 0 Å². The summed E-state index contributed by atoms with van der Waals surface area (Å²) in [6, 6.07) is 31.2. The first-order chi connectivity index (χ1) is 13.9. The van der Waals surface area contributed by atoms with Gasteiger partial charge in [-0.15, -0.1) is 0 Å². The summed E-state index contributed by atoms with van der Waals surface area (Å²) in [6.07, 6.45) is 6.09. The van der Waals surface area contributed by atoms with E-state index in [0.717, 1.165) is 38.6 Å². The van der Waals surface area contributed by atoms with Crippen molar-refractivity contribution in [3.8, 4) is 11.3 Å². The summed E-state index contributed by atoms with van der Waals surface area (Å²) in [7, 11) is 0. The van der Waals surface area contributed by atoms with Crippen molar-refractivity contribution in [3.05, 3.63) is 108 Å². The molecule has 0 radical (unpaired) electrons. The number of pyridine rings is 2. The van der Waals surface area contributed by atoms with E-state index in [2.05, 4.69) is 77.8 Å². The Balaban J connectivity index is 1.56. The van der Waals surface area contributed by atoms with Crippen molar-refractivity contribution in [1.82, 2.24) is 9.97 Å². The molecule has 2 heterocycles. The normalized spacial score (nSPS) is 11.4. The van der Waals surface area contributed by atoms with Crippen LogP contribution in [0.4, 0.5) is 0 Å². The molecule has 0 spiro atoms. The quantitative estimate of drug-likeness (QED) is 0.267. The molecule has 0 saturated heterocycles. The van der Waals surface area contributed by atoms with Crippen molar-refractivity contribution in [2.75, 3.05) is 0 Å². The lowest BCUT2D eigenvalue weighted by Gasteiger charge is -2.07. The maximum absolute atomic E-state index is 4.97. The van der Waals surface area contributed by atoms with E-state index < -0.39 is 0 Å². The zero-order valence-corrected chi connectivity index (χ0v) is 15.3. The number of rotatable bonds is 3. The van der Waals surface area contributed by atoms with Crippen molar-refractivity contribution in [3.63, 3.8) is 0 Å². The lowest BCUT2D eigenvalue weighted by Crippen LogP contribution is -1.88. The molecule has 0 bridgehead atoms. The Bertz CT molecular complexity index is 1300. The van der Waals surface area contributed by atoms with Crippen LogP contribution < -0.4 is 0 Å². The van der Waals surface area contributed by atoms with E-state index in [9.17, 15) is 0 Å². The number of hydrogen-bond donors (Lipinski definition) is 0. The van der Waals surface area contributed by atoms with Gasteiger partial charge in [0, 0.05) is 22.5 Å². The molecule has 0 atom stereocenters. The number of benzene rings is 3. The standard InChI is InChI=1S/C26H18N2/c1-2-6-19(7-3-1)11-12-20-8-4-9-22(18-20)24-15-13-21-14-16-25-23(26(21)28-24)10-5-17-27-25/h1-18H. The van der Waals surface area contributed by atoms with Gasteiger partial charge in [-0.2, -0.15) is 0 Å². The van der Waals surface area contributed by atoms with Gasteiger partial charge in [0.05, 0.1) is 16.7 Å². The molecule has 28 heavy (non-hydrogen) atoms. The average molecular weight is 358 g/mol. The van der Waals surface area contributed by atoms with Gasteiger partial charge in [0.15, 0.2) is 0 Å². The van der Waals surface area contributed by atoms with E-state index >= 15 is 0 Å². The first kappa shape index (κ1) is 16.4. The highest BCUT2D eigenvalue weighted by Crippen LogP contribution is 2.27. The maximum atomic E-state index is 4.97. The van der Waals surface area contributed by atoms with Gasteiger partial charge in [0.2, 0.25) is 0 Å². The Morgan fingerprint density at radius 3 is 2.39 bits per heavy atom. The summed E-state index contributed by atoms with van der Waals surface area (Å²) < 4.78 is 0. The van der Waals surface area contributed by atoms with E-state index in [1.54, 1.807) is 0 Å². The van der Waals surface area contributed by atoms with Gasteiger partial charge in [-0.1, -0.05) is 72.8 Å². The van der Waals surface area contributed by atoms with Gasteiger partial charge >= 0.3 is 0 Å². The molecular formula is C26H18N2. The van der Waals surface area contributed by atoms with Crippen molar-refractivity contribution >= 4 is 34.0 Å². The van der Waals surface area contributed by atoms with Gasteiger partial charge in [0.25, 0.3) is 0 Å². The van der Waals surface area contributed by atoms with Gasteiger partial charge in [-0.3, -0.25) is 4.98 Å². The highest BCUT2D eigenvalue weighted by Gasteiger charge is 2.06. The Morgan fingerprint density at radius 2 is 1.46 bits per heavy atom. The fourth-order valence-corrected chi connectivity index (χ4v) is 3.46. The maximum Gasteiger partial charge on any atom is 0.0803 e. The predicted octanol–water partition coefficient (Wildman–Crippen LogP) is 6.62.